The van der Waals surface area contributed by atoms with E-state index in [1.165, 1.54) is 24.3 Å². The monoisotopic (exact) mass is 630 g/mol. The van der Waals surface area contributed by atoms with Crippen molar-refractivity contribution in [3.63, 3.8) is 0 Å². The summed E-state index contributed by atoms with van der Waals surface area (Å²) in [6, 6.07) is 16.0. The molecule has 44 heavy (non-hydrogen) atoms. The molecule has 4 rings (SSSR count). The van der Waals surface area contributed by atoms with E-state index in [0.717, 1.165) is 55.1 Å². The van der Waals surface area contributed by atoms with Gasteiger partial charge in [-0.05, 0) is 79.8 Å². The second kappa shape index (κ2) is 14.7. The number of hydrogen-bond acceptors (Lipinski definition) is 7. The Labute approximate surface area is 258 Å². The molecule has 4 aromatic rings. The molecule has 0 saturated carbocycles. The van der Waals surface area contributed by atoms with Gasteiger partial charge in [-0.3, -0.25) is 4.90 Å². The third-order valence-electron chi connectivity index (χ3n) is 7.25. The summed E-state index contributed by atoms with van der Waals surface area (Å²) >= 11 is 6.20. The van der Waals surface area contributed by atoms with E-state index in [0.29, 0.717) is 22.7 Å². The SMILES string of the molecule is CCN(CC)CCN(CC)Cc1cccc(C(=O)Oc2ccc(Cl)cc2Cn2nc(-c3ccc(C(F)(F)F)cc3)oc2=O)c1. The lowest BCUT2D eigenvalue weighted by atomic mass is 10.1. The Hall–Kier alpha value is -3.93. The molecule has 1 aromatic heterocycles. The van der Waals surface area contributed by atoms with Crippen LogP contribution >= 0.6 is 11.6 Å². The van der Waals surface area contributed by atoms with Gasteiger partial charge in [-0.1, -0.05) is 44.5 Å². The van der Waals surface area contributed by atoms with Crippen molar-refractivity contribution in [3.8, 4) is 17.2 Å². The number of alkyl halides is 3. The summed E-state index contributed by atoms with van der Waals surface area (Å²) in [5.41, 5.74) is 1.08. The molecular formula is C32H34ClF3N4O4. The van der Waals surface area contributed by atoms with Crippen molar-refractivity contribution in [3.05, 3.63) is 105 Å². The number of esters is 1. The number of ether oxygens (including phenoxy) is 1. The van der Waals surface area contributed by atoms with E-state index >= 15 is 0 Å². The minimum absolute atomic E-state index is 0.153. The number of rotatable bonds is 13. The van der Waals surface area contributed by atoms with Gasteiger partial charge in [0.25, 0.3) is 0 Å². The lowest BCUT2D eigenvalue weighted by Crippen LogP contribution is -2.34. The molecule has 0 fully saturated rings. The Balaban J connectivity index is 1.49. The van der Waals surface area contributed by atoms with Gasteiger partial charge in [0.15, 0.2) is 0 Å². The van der Waals surface area contributed by atoms with Crippen LogP contribution in [-0.4, -0.2) is 58.3 Å². The fourth-order valence-electron chi connectivity index (χ4n) is 4.64. The van der Waals surface area contributed by atoms with Crippen LogP contribution in [0.4, 0.5) is 13.2 Å². The molecule has 0 N–H and O–H groups in total. The minimum atomic E-state index is -4.50. The number of nitrogens with zero attached hydrogens (tertiary/aromatic N) is 4. The molecule has 0 aliphatic heterocycles. The maximum Gasteiger partial charge on any atom is 0.437 e. The van der Waals surface area contributed by atoms with Crippen molar-refractivity contribution < 1.29 is 27.1 Å². The highest BCUT2D eigenvalue weighted by Gasteiger charge is 2.30. The summed E-state index contributed by atoms with van der Waals surface area (Å²) in [6.07, 6.45) is -4.50. The fourth-order valence-corrected chi connectivity index (χ4v) is 4.84. The summed E-state index contributed by atoms with van der Waals surface area (Å²) in [5, 5.41) is 4.46. The third kappa shape index (κ3) is 8.58. The highest BCUT2D eigenvalue weighted by atomic mass is 35.5. The first-order valence-electron chi connectivity index (χ1n) is 14.3. The average molecular weight is 631 g/mol. The van der Waals surface area contributed by atoms with Crippen LogP contribution in [0.5, 0.6) is 5.75 Å². The largest absolute Gasteiger partial charge is 0.437 e. The lowest BCUT2D eigenvalue weighted by molar-refractivity contribution is -0.137. The Bertz CT molecular complexity index is 1610. The summed E-state index contributed by atoms with van der Waals surface area (Å²) in [4.78, 5) is 30.4. The van der Waals surface area contributed by atoms with E-state index in [1.54, 1.807) is 18.2 Å². The van der Waals surface area contributed by atoms with Crippen LogP contribution in [0.15, 0.2) is 75.9 Å². The summed E-state index contributed by atoms with van der Waals surface area (Å²) in [5.74, 6) is -1.41. The van der Waals surface area contributed by atoms with E-state index in [4.69, 9.17) is 20.8 Å². The zero-order chi connectivity index (χ0) is 31.9. The topological polar surface area (TPSA) is 80.8 Å². The molecule has 0 unspecified atom stereocenters. The normalized spacial score (nSPS) is 11.8. The molecule has 3 aromatic carbocycles. The average Bonchev–Trinajstić information content (AvgIpc) is 3.37. The van der Waals surface area contributed by atoms with Crippen LogP contribution in [0.2, 0.25) is 5.02 Å². The second-order valence-electron chi connectivity index (χ2n) is 10.1. The maximum absolute atomic E-state index is 13.2. The highest BCUT2D eigenvalue weighted by Crippen LogP contribution is 2.31. The molecule has 0 bridgehead atoms. The molecule has 0 aliphatic carbocycles. The van der Waals surface area contributed by atoms with Gasteiger partial charge in [0.1, 0.15) is 5.75 Å². The Morgan fingerprint density at radius 3 is 2.30 bits per heavy atom. The van der Waals surface area contributed by atoms with Gasteiger partial charge in [-0.2, -0.15) is 17.9 Å². The Morgan fingerprint density at radius 2 is 1.64 bits per heavy atom. The third-order valence-corrected chi connectivity index (χ3v) is 7.49. The molecule has 12 heteroatoms. The number of benzene rings is 3. The van der Waals surface area contributed by atoms with E-state index in [1.807, 2.05) is 12.1 Å². The molecule has 0 saturated heterocycles. The molecular weight excluding hydrogens is 597 g/mol. The standard InChI is InChI=1S/C32H34ClF3N4O4/c1-4-38(5-2)16-17-39(6-3)20-22-8-7-9-24(18-22)30(41)43-28-15-14-27(33)19-25(28)21-40-31(42)44-29(37-40)23-10-12-26(13-11-23)32(34,35)36/h7-15,18-19H,4-6,16-17,20-21H2,1-3H3. The quantitative estimate of drug-likeness (QED) is 0.122. The molecule has 0 aliphatic rings. The molecule has 234 valence electrons. The number of carbonyl (C=O) groups excluding carboxylic acids is 1. The molecule has 0 spiro atoms. The van der Waals surface area contributed by atoms with Crippen molar-refractivity contribution in [2.24, 2.45) is 0 Å². The van der Waals surface area contributed by atoms with E-state index < -0.39 is 23.5 Å². The summed E-state index contributed by atoms with van der Waals surface area (Å²) in [6.45, 7) is 11.6. The summed E-state index contributed by atoms with van der Waals surface area (Å²) < 4.78 is 50.7. The van der Waals surface area contributed by atoms with Crippen LogP contribution < -0.4 is 10.5 Å². The minimum Gasteiger partial charge on any atom is -0.423 e. The zero-order valence-corrected chi connectivity index (χ0v) is 25.5. The van der Waals surface area contributed by atoms with Crippen molar-refractivity contribution >= 4 is 17.6 Å². The van der Waals surface area contributed by atoms with Gasteiger partial charge in [0.05, 0.1) is 17.7 Å². The number of aromatic nitrogens is 2. The Kier molecular flexibility index (Phi) is 11.0. The van der Waals surface area contributed by atoms with Gasteiger partial charge in [0.2, 0.25) is 5.89 Å². The first-order chi connectivity index (χ1) is 21.0. The molecule has 0 amide bonds. The number of hydrogen-bond donors (Lipinski definition) is 0. The first-order valence-corrected chi connectivity index (χ1v) is 14.7. The van der Waals surface area contributed by atoms with Crippen LogP contribution in [0.25, 0.3) is 11.5 Å². The van der Waals surface area contributed by atoms with Gasteiger partial charge < -0.3 is 14.1 Å². The van der Waals surface area contributed by atoms with Crippen molar-refractivity contribution in [1.82, 2.24) is 19.6 Å². The van der Waals surface area contributed by atoms with Crippen molar-refractivity contribution in [2.45, 2.75) is 40.0 Å². The lowest BCUT2D eigenvalue weighted by Gasteiger charge is -2.25. The number of likely N-dealkylation sites (N-methyl/N-ethyl adjacent to an activating group) is 2. The molecule has 1 heterocycles. The zero-order valence-electron chi connectivity index (χ0n) is 24.7. The predicted octanol–water partition coefficient (Wildman–Crippen LogP) is 6.61. The molecule has 8 nitrogen and oxygen atoms in total. The fraction of sp³-hybridized carbons (Fsp3) is 0.344. The van der Waals surface area contributed by atoms with Crippen molar-refractivity contribution in [2.75, 3.05) is 32.7 Å². The first kappa shape index (κ1) is 33.0. The van der Waals surface area contributed by atoms with Crippen LogP contribution in [0, 0.1) is 0 Å². The van der Waals surface area contributed by atoms with E-state index in [9.17, 15) is 22.8 Å². The van der Waals surface area contributed by atoms with Crippen LogP contribution in [0.3, 0.4) is 0 Å². The van der Waals surface area contributed by atoms with Crippen LogP contribution in [-0.2, 0) is 19.3 Å². The highest BCUT2D eigenvalue weighted by molar-refractivity contribution is 6.30. The van der Waals surface area contributed by atoms with Crippen LogP contribution in [0.1, 0.15) is 47.8 Å². The maximum atomic E-state index is 13.2. The predicted molar refractivity (Wildman–Crippen MR) is 162 cm³/mol. The summed E-state index contributed by atoms with van der Waals surface area (Å²) in [7, 11) is 0. The van der Waals surface area contributed by atoms with Gasteiger partial charge in [-0.15, -0.1) is 5.10 Å². The van der Waals surface area contributed by atoms with Gasteiger partial charge in [0, 0.05) is 35.8 Å². The molecule has 0 radical (unpaired) electrons. The van der Waals surface area contributed by atoms with Gasteiger partial charge >= 0.3 is 17.9 Å². The number of carbonyl (C=O) groups is 1. The van der Waals surface area contributed by atoms with Crippen molar-refractivity contribution in [1.29, 1.82) is 0 Å². The Morgan fingerprint density at radius 1 is 0.955 bits per heavy atom. The van der Waals surface area contributed by atoms with Gasteiger partial charge in [-0.25, -0.2) is 9.59 Å². The second-order valence-corrected chi connectivity index (χ2v) is 10.6. The molecule has 0 atom stereocenters. The smallest absolute Gasteiger partial charge is 0.423 e. The van der Waals surface area contributed by atoms with E-state index in [-0.39, 0.29) is 23.7 Å². The van der Waals surface area contributed by atoms with E-state index in [2.05, 4.69) is 35.7 Å². The number of halogens is 4.